The van der Waals surface area contributed by atoms with Gasteiger partial charge in [-0.15, -0.1) is 0 Å². The Morgan fingerprint density at radius 3 is 2.25 bits per heavy atom. The first kappa shape index (κ1) is 22.7. The third-order valence-corrected chi connectivity index (χ3v) is 8.11. The first-order chi connectivity index (χ1) is 15.4. The number of halogens is 1. The lowest BCUT2D eigenvalue weighted by atomic mass is 10.1. The topological polar surface area (TPSA) is 69.7 Å². The Morgan fingerprint density at radius 2 is 1.56 bits per heavy atom. The highest BCUT2D eigenvalue weighted by Crippen LogP contribution is 2.29. The van der Waals surface area contributed by atoms with Gasteiger partial charge in [-0.25, -0.2) is 12.8 Å². The molecule has 4 rings (SSSR count). The predicted octanol–water partition coefficient (Wildman–Crippen LogP) is 4.17. The van der Waals surface area contributed by atoms with E-state index < -0.39 is 10.0 Å². The summed E-state index contributed by atoms with van der Waals surface area (Å²) in [5.74, 6) is -0.571. The Labute approximate surface area is 189 Å². The minimum Gasteiger partial charge on any atom is -0.370 e. The maximum absolute atomic E-state index is 13.8. The summed E-state index contributed by atoms with van der Waals surface area (Å²) in [7, 11) is -3.43. The predicted molar refractivity (Wildman–Crippen MR) is 124 cm³/mol. The fourth-order valence-corrected chi connectivity index (χ4v) is 5.91. The van der Waals surface area contributed by atoms with Crippen molar-refractivity contribution in [2.45, 2.75) is 49.8 Å². The van der Waals surface area contributed by atoms with Crippen molar-refractivity contribution in [3.05, 3.63) is 53.8 Å². The molecule has 6 nitrogen and oxygen atoms in total. The van der Waals surface area contributed by atoms with Gasteiger partial charge in [-0.1, -0.05) is 12.1 Å². The van der Waals surface area contributed by atoms with Gasteiger partial charge in [0.2, 0.25) is 15.9 Å². The summed E-state index contributed by atoms with van der Waals surface area (Å²) < 4.78 is 40.6. The van der Waals surface area contributed by atoms with Gasteiger partial charge < -0.3 is 10.2 Å². The van der Waals surface area contributed by atoms with Crippen LogP contribution in [0.1, 0.15) is 44.1 Å². The molecule has 8 heteroatoms. The van der Waals surface area contributed by atoms with Crippen LogP contribution in [0.15, 0.2) is 47.4 Å². The van der Waals surface area contributed by atoms with E-state index in [2.05, 4.69) is 10.2 Å². The van der Waals surface area contributed by atoms with Crippen LogP contribution in [0, 0.1) is 5.82 Å². The monoisotopic (exact) mass is 459 g/mol. The molecule has 2 aliphatic rings. The summed E-state index contributed by atoms with van der Waals surface area (Å²) in [5.41, 5.74) is 2.25. The largest absolute Gasteiger partial charge is 0.370 e. The molecule has 0 atom stereocenters. The van der Waals surface area contributed by atoms with Crippen molar-refractivity contribution in [1.82, 2.24) is 4.31 Å². The van der Waals surface area contributed by atoms with E-state index in [1.54, 1.807) is 30.3 Å². The fraction of sp³-hybridized carbons (Fsp3) is 0.458. The highest BCUT2D eigenvalue weighted by atomic mass is 32.2. The normalized spacial score (nSPS) is 17.5. The first-order valence-corrected chi connectivity index (χ1v) is 12.8. The summed E-state index contributed by atoms with van der Waals surface area (Å²) in [6, 6.07) is 11.3. The van der Waals surface area contributed by atoms with Gasteiger partial charge in [0, 0.05) is 32.6 Å². The van der Waals surface area contributed by atoms with E-state index in [0.29, 0.717) is 30.1 Å². The van der Waals surface area contributed by atoms with Gasteiger partial charge in [-0.2, -0.15) is 4.31 Å². The molecule has 2 saturated heterocycles. The Kier molecular flexibility index (Phi) is 7.10. The van der Waals surface area contributed by atoms with Crippen LogP contribution in [0.2, 0.25) is 0 Å². The van der Waals surface area contributed by atoms with Crippen LogP contribution >= 0.6 is 0 Å². The lowest BCUT2D eigenvalue weighted by molar-refractivity contribution is -0.116. The number of nitrogens with zero attached hydrogens (tertiary/aromatic N) is 2. The van der Waals surface area contributed by atoms with Gasteiger partial charge in [0.05, 0.1) is 16.3 Å². The number of nitrogens with one attached hydrogen (secondary N) is 1. The minimum atomic E-state index is -3.43. The van der Waals surface area contributed by atoms with E-state index in [0.717, 1.165) is 50.0 Å². The molecular formula is C24H30FN3O3S. The highest BCUT2D eigenvalue weighted by Gasteiger charge is 2.27. The van der Waals surface area contributed by atoms with Crippen LogP contribution in [-0.2, 0) is 21.2 Å². The van der Waals surface area contributed by atoms with E-state index in [1.807, 2.05) is 0 Å². The van der Waals surface area contributed by atoms with Gasteiger partial charge in [0.1, 0.15) is 5.82 Å². The number of carbonyl (C=O) groups is 1. The van der Waals surface area contributed by atoms with Crippen molar-refractivity contribution in [1.29, 1.82) is 0 Å². The van der Waals surface area contributed by atoms with E-state index in [1.165, 1.54) is 22.9 Å². The van der Waals surface area contributed by atoms with Crippen LogP contribution in [0.25, 0.3) is 0 Å². The Hall–Kier alpha value is -2.45. The molecule has 0 radical (unpaired) electrons. The molecule has 2 aliphatic heterocycles. The molecule has 0 aromatic heterocycles. The Balaban J connectivity index is 1.37. The van der Waals surface area contributed by atoms with E-state index in [-0.39, 0.29) is 18.1 Å². The second-order valence-electron chi connectivity index (χ2n) is 8.51. The number of rotatable bonds is 7. The van der Waals surface area contributed by atoms with Crippen molar-refractivity contribution in [3.8, 4) is 0 Å². The molecular weight excluding hydrogens is 429 g/mol. The number of amides is 1. The van der Waals surface area contributed by atoms with Crippen LogP contribution in [0.5, 0.6) is 0 Å². The molecule has 0 aliphatic carbocycles. The maximum Gasteiger partial charge on any atom is 0.243 e. The van der Waals surface area contributed by atoms with Crippen LogP contribution < -0.4 is 10.2 Å². The Bertz CT molecular complexity index is 1040. The van der Waals surface area contributed by atoms with Crippen molar-refractivity contribution in [2.75, 3.05) is 36.4 Å². The zero-order valence-electron chi connectivity index (χ0n) is 18.2. The average molecular weight is 460 g/mol. The lowest BCUT2D eigenvalue weighted by Crippen LogP contribution is -2.30. The Morgan fingerprint density at radius 1 is 0.906 bits per heavy atom. The zero-order chi connectivity index (χ0) is 22.6. The SMILES string of the molecule is O=C(CCc1ccc(S(=O)(=O)N2CCCC2)cc1)Nc1cc(F)ccc1N1CCCCC1. The smallest absolute Gasteiger partial charge is 0.243 e. The van der Waals surface area contributed by atoms with Crippen molar-refractivity contribution >= 4 is 27.3 Å². The minimum absolute atomic E-state index is 0.192. The number of hydrogen-bond acceptors (Lipinski definition) is 4. The van der Waals surface area contributed by atoms with Crippen LogP contribution in [-0.4, -0.2) is 44.8 Å². The van der Waals surface area contributed by atoms with E-state index >= 15 is 0 Å². The summed E-state index contributed by atoms with van der Waals surface area (Å²) in [4.78, 5) is 15.1. The van der Waals surface area contributed by atoms with Gasteiger partial charge in [-0.05, 0) is 74.4 Å². The maximum atomic E-state index is 13.8. The summed E-state index contributed by atoms with van der Waals surface area (Å²) in [6.07, 6.45) is 5.88. The van der Waals surface area contributed by atoms with Crippen molar-refractivity contribution < 1.29 is 17.6 Å². The third-order valence-electron chi connectivity index (χ3n) is 6.20. The number of hydrogen-bond donors (Lipinski definition) is 1. The second-order valence-corrected chi connectivity index (χ2v) is 10.5. The number of benzene rings is 2. The molecule has 0 unspecified atom stereocenters. The fourth-order valence-electron chi connectivity index (χ4n) is 4.40. The standard InChI is InChI=1S/C24H30FN3O3S/c25-20-9-12-23(27-14-2-1-3-15-27)22(18-20)26-24(29)13-8-19-6-10-21(11-7-19)32(30,31)28-16-4-5-17-28/h6-7,9-12,18H,1-5,8,13-17H2,(H,26,29). The van der Waals surface area contributed by atoms with Gasteiger partial charge in [-0.3, -0.25) is 4.79 Å². The average Bonchev–Trinajstić information content (AvgIpc) is 3.35. The molecule has 2 aromatic rings. The number of sulfonamides is 1. The quantitative estimate of drug-likeness (QED) is 0.675. The number of aryl methyl sites for hydroxylation is 1. The van der Waals surface area contributed by atoms with Gasteiger partial charge in [0.25, 0.3) is 0 Å². The number of carbonyl (C=O) groups excluding carboxylic acids is 1. The van der Waals surface area contributed by atoms with Crippen molar-refractivity contribution in [2.24, 2.45) is 0 Å². The molecule has 32 heavy (non-hydrogen) atoms. The number of piperidine rings is 1. The molecule has 1 amide bonds. The van der Waals surface area contributed by atoms with Crippen LogP contribution in [0.4, 0.5) is 15.8 Å². The molecule has 2 fully saturated rings. The second kappa shape index (κ2) is 10.0. The zero-order valence-corrected chi connectivity index (χ0v) is 19.0. The van der Waals surface area contributed by atoms with Gasteiger partial charge >= 0.3 is 0 Å². The molecule has 172 valence electrons. The van der Waals surface area contributed by atoms with E-state index in [9.17, 15) is 17.6 Å². The van der Waals surface area contributed by atoms with Crippen molar-refractivity contribution in [3.63, 3.8) is 0 Å². The molecule has 2 aromatic carbocycles. The molecule has 0 spiro atoms. The summed E-state index contributed by atoms with van der Waals surface area (Å²) >= 11 is 0. The highest BCUT2D eigenvalue weighted by molar-refractivity contribution is 7.89. The third kappa shape index (κ3) is 5.30. The molecule has 0 bridgehead atoms. The molecule has 0 saturated carbocycles. The number of anilines is 2. The first-order valence-electron chi connectivity index (χ1n) is 11.4. The van der Waals surface area contributed by atoms with E-state index in [4.69, 9.17) is 0 Å². The molecule has 1 N–H and O–H groups in total. The van der Waals surface area contributed by atoms with Crippen LogP contribution in [0.3, 0.4) is 0 Å². The molecule has 2 heterocycles. The lowest BCUT2D eigenvalue weighted by Gasteiger charge is -2.30. The summed E-state index contributed by atoms with van der Waals surface area (Å²) in [5, 5.41) is 2.87. The van der Waals surface area contributed by atoms with Gasteiger partial charge in [0.15, 0.2) is 0 Å². The summed E-state index contributed by atoms with van der Waals surface area (Å²) in [6.45, 7) is 2.95.